The Hall–Kier alpha value is -0.860. The molecular weight excluding hydrogens is 306 g/mol. The van der Waals surface area contributed by atoms with Gasteiger partial charge in [-0.25, -0.2) is 21.9 Å². The first-order chi connectivity index (χ1) is 9.30. The summed E-state index contributed by atoms with van der Waals surface area (Å²) in [6.07, 6.45) is 4.72. The molecule has 1 aromatic carbocycles. The summed E-state index contributed by atoms with van der Waals surface area (Å²) in [5.74, 6) is -2.36. The Balaban J connectivity index is 2.23. The number of nitrogens with one attached hydrogen (secondary N) is 1. The van der Waals surface area contributed by atoms with Gasteiger partial charge in [-0.05, 0) is 31.2 Å². The van der Waals surface area contributed by atoms with E-state index in [4.69, 9.17) is 5.73 Å². The standard InChI is InChI=1S/C12H16F2N2O2S2/c1-19-12(3-2-4-12)7-16-20(17,18)11-9(13)5-8(15)6-10(11)14/h5-6,16H,2-4,7,15H2,1H3. The number of anilines is 1. The van der Waals surface area contributed by atoms with Crippen LogP contribution in [0.15, 0.2) is 17.0 Å². The van der Waals surface area contributed by atoms with Crippen molar-refractivity contribution in [1.29, 1.82) is 0 Å². The van der Waals surface area contributed by atoms with Crippen LogP contribution in [0.3, 0.4) is 0 Å². The molecule has 1 fully saturated rings. The zero-order valence-corrected chi connectivity index (χ0v) is 12.6. The van der Waals surface area contributed by atoms with Crippen LogP contribution < -0.4 is 10.5 Å². The van der Waals surface area contributed by atoms with E-state index >= 15 is 0 Å². The Labute approximate surface area is 121 Å². The van der Waals surface area contributed by atoms with Crippen molar-refractivity contribution < 1.29 is 17.2 Å². The first kappa shape index (κ1) is 15.5. The average molecular weight is 322 g/mol. The topological polar surface area (TPSA) is 72.2 Å². The van der Waals surface area contributed by atoms with Crippen LogP contribution in [-0.2, 0) is 10.0 Å². The maximum absolute atomic E-state index is 13.7. The predicted molar refractivity (Wildman–Crippen MR) is 76.1 cm³/mol. The first-order valence-electron chi connectivity index (χ1n) is 6.09. The minimum absolute atomic E-state index is 0.154. The smallest absolute Gasteiger partial charge is 0.246 e. The highest BCUT2D eigenvalue weighted by Gasteiger charge is 2.38. The van der Waals surface area contributed by atoms with E-state index in [0.29, 0.717) is 0 Å². The second kappa shape index (κ2) is 5.50. The number of thioether (sulfide) groups is 1. The van der Waals surface area contributed by atoms with Crippen molar-refractivity contribution >= 4 is 27.5 Å². The molecule has 0 aliphatic heterocycles. The number of nitrogen functional groups attached to an aromatic ring is 1. The molecule has 0 spiro atoms. The number of benzene rings is 1. The van der Waals surface area contributed by atoms with Gasteiger partial charge in [-0.2, -0.15) is 11.8 Å². The van der Waals surface area contributed by atoms with Crippen molar-refractivity contribution in [2.24, 2.45) is 0 Å². The van der Waals surface area contributed by atoms with Crippen molar-refractivity contribution in [2.75, 3.05) is 18.5 Å². The van der Waals surface area contributed by atoms with Crippen molar-refractivity contribution in [3.8, 4) is 0 Å². The third kappa shape index (κ3) is 2.91. The molecule has 0 heterocycles. The van der Waals surface area contributed by atoms with Crippen molar-refractivity contribution in [3.05, 3.63) is 23.8 Å². The Morgan fingerprint density at radius 1 is 1.35 bits per heavy atom. The number of hydrogen-bond acceptors (Lipinski definition) is 4. The highest BCUT2D eigenvalue weighted by Crippen LogP contribution is 2.42. The molecule has 1 saturated carbocycles. The Morgan fingerprint density at radius 3 is 2.30 bits per heavy atom. The molecule has 4 nitrogen and oxygen atoms in total. The van der Waals surface area contributed by atoms with Gasteiger partial charge in [0.2, 0.25) is 10.0 Å². The summed E-state index contributed by atoms with van der Waals surface area (Å²) in [7, 11) is -4.23. The van der Waals surface area contributed by atoms with Gasteiger partial charge in [0.1, 0.15) is 11.6 Å². The predicted octanol–water partition coefficient (Wildman–Crippen LogP) is 2.11. The molecule has 0 atom stereocenters. The van der Waals surface area contributed by atoms with Gasteiger partial charge in [-0.3, -0.25) is 0 Å². The third-order valence-corrected chi connectivity index (χ3v) is 6.44. The van der Waals surface area contributed by atoms with E-state index in [-0.39, 0.29) is 17.0 Å². The zero-order valence-electron chi connectivity index (χ0n) is 10.9. The molecule has 8 heteroatoms. The van der Waals surface area contributed by atoms with Gasteiger partial charge in [-0.15, -0.1) is 0 Å². The molecule has 1 aromatic rings. The quantitative estimate of drug-likeness (QED) is 0.815. The van der Waals surface area contributed by atoms with Crippen molar-refractivity contribution in [3.63, 3.8) is 0 Å². The molecule has 0 radical (unpaired) electrons. The summed E-state index contributed by atoms with van der Waals surface area (Å²) in [4.78, 5) is -0.970. The fourth-order valence-electron chi connectivity index (χ4n) is 2.16. The van der Waals surface area contributed by atoms with Gasteiger partial charge >= 0.3 is 0 Å². The lowest BCUT2D eigenvalue weighted by Crippen LogP contribution is -2.45. The summed E-state index contributed by atoms with van der Waals surface area (Å²) in [6, 6.07) is 1.59. The Bertz CT molecular complexity index is 587. The Morgan fingerprint density at radius 2 is 1.90 bits per heavy atom. The number of rotatable bonds is 5. The van der Waals surface area contributed by atoms with Crippen LogP contribution in [0.25, 0.3) is 0 Å². The number of nitrogens with two attached hydrogens (primary N) is 1. The van der Waals surface area contributed by atoms with E-state index in [1.165, 1.54) is 0 Å². The van der Waals surface area contributed by atoms with Crippen LogP contribution in [0.2, 0.25) is 0 Å². The molecule has 112 valence electrons. The largest absolute Gasteiger partial charge is 0.399 e. The molecule has 1 aliphatic carbocycles. The highest BCUT2D eigenvalue weighted by molar-refractivity contribution is 8.00. The second-order valence-electron chi connectivity index (χ2n) is 4.88. The molecule has 2 rings (SSSR count). The lowest BCUT2D eigenvalue weighted by molar-refractivity contribution is 0.361. The van der Waals surface area contributed by atoms with Gasteiger partial charge in [-0.1, -0.05) is 6.42 Å². The molecule has 0 unspecified atom stereocenters. The maximum Gasteiger partial charge on any atom is 0.246 e. The maximum atomic E-state index is 13.7. The number of hydrogen-bond donors (Lipinski definition) is 2. The molecule has 3 N–H and O–H groups in total. The normalized spacial score (nSPS) is 17.8. The zero-order chi connectivity index (χ0) is 15.0. The van der Waals surface area contributed by atoms with Gasteiger partial charge in [0.05, 0.1) is 0 Å². The number of halogens is 2. The van der Waals surface area contributed by atoms with Gasteiger partial charge in [0.15, 0.2) is 4.90 Å². The lowest BCUT2D eigenvalue weighted by atomic mass is 9.84. The SMILES string of the molecule is CSC1(CNS(=O)(=O)c2c(F)cc(N)cc2F)CCC1. The Kier molecular flexibility index (Phi) is 4.27. The van der Waals surface area contributed by atoms with Gasteiger partial charge in [0, 0.05) is 17.0 Å². The minimum Gasteiger partial charge on any atom is -0.399 e. The molecular formula is C12H16F2N2O2S2. The van der Waals surface area contributed by atoms with Crippen LogP contribution >= 0.6 is 11.8 Å². The van der Waals surface area contributed by atoms with Crippen LogP contribution in [0, 0.1) is 11.6 Å². The fraction of sp³-hybridized carbons (Fsp3) is 0.500. The average Bonchev–Trinajstić information content (AvgIpc) is 2.25. The van der Waals surface area contributed by atoms with E-state index in [1.54, 1.807) is 11.8 Å². The van der Waals surface area contributed by atoms with Gasteiger partial charge in [0.25, 0.3) is 0 Å². The van der Waals surface area contributed by atoms with Crippen molar-refractivity contribution in [2.45, 2.75) is 28.9 Å². The monoisotopic (exact) mass is 322 g/mol. The summed E-state index contributed by atoms with van der Waals surface area (Å²) >= 11 is 1.57. The molecule has 1 aliphatic rings. The molecule has 0 aromatic heterocycles. The van der Waals surface area contributed by atoms with E-state index < -0.39 is 26.6 Å². The minimum atomic E-state index is -4.23. The van der Waals surface area contributed by atoms with E-state index in [1.807, 2.05) is 6.26 Å². The molecule has 0 bridgehead atoms. The first-order valence-corrected chi connectivity index (χ1v) is 8.80. The molecule has 20 heavy (non-hydrogen) atoms. The van der Waals surface area contributed by atoms with Crippen LogP contribution in [0.4, 0.5) is 14.5 Å². The van der Waals surface area contributed by atoms with Gasteiger partial charge < -0.3 is 5.73 Å². The summed E-state index contributed by atoms with van der Waals surface area (Å²) in [6.45, 7) is 0.166. The summed E-state index contributed by atoms with van der Waals surface area (Å²) in [5, 5.41) is 0. The number of sulfonamides is 1. The van der Waals surface area contributed by atoms with E-state index in [9.17, 15) is 17.2 Å². The summed E-state index contributed by atoms with van der Waals surface area (Å²) in [5.41, 5.74) is 5.11. The lowest BCUT2D eigenvalue weighted by Gasteiger charge is -2.40. The summed E-state index contributed by atoms with van der Waals surface area (Å²) < 4.78 is 53.6. The molecule has 0 saturated heterocycles. The van der Waals surface area contributed by atoms with E-state index in [0.717, 1.165) is 31.4 Å². The second-order valence-corrected chi connectivity index (χ2v) is 7.86. The van der Waals surface area contributed by atoms with Crippen molar-refractivity contribution in [1.82, 2.24) is 4.72 Å². The van der Waals surface area contributed by atoms with Crippen LogP contribution in [0.5, 0.6) is 0 Å². The highest BCUT2D eigenvalue weighted by atomic mass is 32.2. The van der Waals surface area contributed by atoms with E-state index in [2.05, 4.69) is 4.72 Å². The third-order valence-electron chi connectivity index (χ3n) is 3.57. The fourth-order valence-corrected chi connectivity index (χ4v) is 4.41. The van der Waals surface area contributed by atoms with Crippen LogP contribution in [0.1, 0.15) is 19.3 Å². The molecule has 0 amide bonds. The van der Waals surface area contributed by atoms with Crippen LogP contribution in [-0.4, -0.2) is 26.0 Å².